The van der Waals surface area contributed by atoms with Crippen molar-refractivity contribution in [2.45, 2.75) is 30.6 Å². The second-order valence-corrected chi connectivity index (χ2v) is 9.56. The molecule has 3 N–H and O–H groups in total. The van der Waals surface area contributed by atoms with Gasteiger partial charge in [-0.1, -0.05) is 18.2 Å². The lowest BCUT2D eigenvalue weighted by Crippen LogP contribution is -2.28. The number of hydrogen-bond donors (Lipinski definition) is 3. The number of aromatic nitrogens is 5. The summed E-state index contributed by atoms with van der Waals surface area (Å²) in [5.74, 6) is -0.185. The van der Waals surface area contributed by atoms with Gasteiger partial charge in [0.25, 0.3) is 5.91 Å². The molecule has 1 saturated carbocycles. The highest BCUT2D eigenvalue weighted by Crippen LogP contribution is 2.43. The van der Waals surface area contributed by atoms with Crippen LogP contribution in [0.3, 0.4) is 0 Å². The van der Waals surface area contributed by atoms with Gasteiger partial charge >= 0.3 is 5.69 Å². The number of allylic oxidation sites excluding steroid dienone is 1. The molecule has 33 heavy (non-hydrogen) atoms. The number of aromatic hydroxyl groups is 1. The summed E-state index contributed by atoms with van der Waals surface area (Å²) < 4.78 is 1.68. The molecule has 0 bridgehead atoms. The van der Waals surface area contributed by atoms with Crippen molar-refractivity contribution in [3.63, 3.8) is 0 Å². The van der Waals surface area contributed by atoms with Crippen LogP contribution in [0.15, 0.2) is 45.2 Å². The largest absolute Gasteiger partial charge is 0.493 e. The number of fused-ring (bicyclic) bond motifs is 1. The zero-order chi connectivity index (χ0) is 22.5. The highest BCUT2D eigenvalue weighted by Gasteiger charge is 2.29. The molecule has 1 unspecified atom stereocenters. The maximum absolute atomic E-state index is 12.8. The van der Waals surface area contributed by atoms with Crippen molar-refractivity contribution in [3.8, 4) is 5.88 Å². The van der Waals surface area contributed by atoms with E-state index < -0.39 is 5.69 Å². The lowest BCUT2D eigenvalue weighted by molar-refractivity contribution is -0.125. The molecule has 1 fully saturated rings. The molecule has 0 aromatic carbocycles. The van der Waals surface area contributed by atoms with Crippen molar-refractivity contribution >= 4 is 29.4 Å². The number of nitrogens with one attached hydrogen (secondary N) is 2. The monoisotopic (exact) mass is 463 g/mol. The van der Waals surface area contributed by atoms with E-state index in [1.807, 2.05) is 29.2 Å². The van der Waals surface area contributed by atoms with E-state index in [1.165, 1.54) is 11.8 Å². The Labute approximate surface area is 191 Å². The maximum Gasteiger partial charge on any atom is 0.326 e. The van der Waals surface area contributed by atoms with Gasteiger partial charge in [0.1, 0.15) is 5.69 Å². The number of aromatic amines is 2. The molecular weight excluding hydrogens is 442 g/mol. The fourth-order valence-corrected chi connectivity index (χ4v) is 5.12. The Kier molecular flexibility index (Phi) is 4.72. The number of carbonyl (C=O) groups is 1. The third-order valence-corrected chi connectivity index (χ3v) is 7.14. The lowest BCUT2D eigenvalue weighted by Gasteiger charge is -2.16. The summed E-state index contributed by atoms with van der Waals surface area (Å²) in [6.45, 7) is 1.30. The van der Waals surface area contributed by atoms with E-state index >= 15 is 0 Å². The molecule has 11 heteroatoms. The molecule has 168 valence electrons. The smallest absolute Gasteiger partial charge is 0.326 e. The van der Waals surface area contributed by atoms with Crippen LogP contribution in [-0.2, 0) is 4.79 Å². The normalized spacial score (nSPS) is 21.5. The van der Waals surface area contributed by atoms with Gasteiger partial charge in [-0.05, 0) is 25.3 Å². The summed E-state index contributed by atoms with van der Waals surface area (Å²) in [4.78, 5) is 41.4. The minimum atomic E-state index is -0.493. The third kappa shape index (κ3) is 3.78. The number of thioether (sulfide) groups is 1. The minimum absolute atomic E-state index is 0.000818. The number of nitrogens with zero attached hydrogens (tertiary/aromatic N) is 5. The van der Waals surface area contributed by atoms with Gasteiger partial charge in [0.2, 0.25) is 5.88 Å². The second kappa shape index (κ2) is 7.77. The zero-order valence-corrected chi connectivity index (χ0v) is 18.4. The molecule has 2 aliphatic heterocycles. The van der Waals surface area contributed by atoms with Crippen molar-refractivity contribution in [1.29, 1.82) is 0 Å². The number of amides is 1. The van der Waals surface area contributed by atoms with E-state index in [1.54, 1.807) is 16.8 Å². The summed E-state index contributed by atoms with van der Waals surface area (Å²) >= 11 is 1.53. The first kappa shape index (κ1) is 20.0. The number of rotatable bonds is 4. The molecule has 0 radical (unpaired) electrons. The van der Waals surface area contributed by atoms with Gasteiger partial charge in [0.15, 0.2) is 11.1 Å². The fourth-order valence-electron chi connectivity index (χ4n) is 3.96. The van der Waals surface area contributed by atoms with Gasteiger partial charge in [-0.25, -0.2) is 9.78 Å². The van der Waals surface area contributed by atoms with E-state index in [0.717, 1.165) is 23.4 Å². The summed E-state index contributed by atoms with van der Waals surface area (Å²) in [6.07, 6.45) is 12.1. The van der Waals surface area contributed by atoms with Crippen molar-refractivity contribution in [2.24, 2.45) is 4.99 Å². The van der Waals surface area contributed by atoms with Crippen LogP contribution in [0.2, 0.25) is 0 Å². The average Bonchev–Trinajstić information content (AvgIpc) is 3.25. The molecule has 3 aromatic heterocycles. The quantitative estimate of drug-likeness (QED) is 0.484. The topological polar surface area (TPSA) is 132 Å². The van der Waals surface area contributed by atoms with Crippen LogP contribution in [-0.4, -0.2) is 59.6 Å². The van der Waals surface area contributed by atoms with Gasteiger partial charge in [-0.15, -0.1) is 11.8 Å². The number of imidazole rings is 1. The SMILES string of the molecule is O=C(C1=CCC(c2cc(=NC3CC3)n3ncc(=Cc4[nH]c(=O)[nH]c4O)c3n2)S1)N1CC=CC1. The third-order valence-electron chi connectivity index (χ3n) is 5.83. The molecule has 1 atom stereocenters. The van der Waals surface area contributed by atoms with E-state index in [4.69, 9.17) is 9.98 Å². The Morgan fingerprint density at radius 2 is 2.09 bits per heavy atom. The fraction of sp³-hybridized carbons (Fsp3) is 0.318. The van der Waals surface area contributed by atoms with Gasteiger partial charge in [-0.3, -0.25) is 14.8 Å². The number of carbonyl (C=O) groups excluding carboxylic acids is 1. The Bertz CT molecular complexity index is 1500. The molecule has 10 nitrogen and oxygen atoms in total. The predicted molar refractivity (Wildman–Crippen MR) is 122 cm³/mol. The highest BCUT2D eigenvalue weighted by molar-refractivity contribution is 8.04. The minimum Gasteiger partial charge on any atom is -0.493 e. The molecule has 1 aliphatic carbocycles. The first-order chi connectivity index (χ1) is 16.0. The molecule has 5 heterocycles. The van der Waals surface area contributed by atoms with Crippen molar-refractivity contribution < 1.29 is 9.90 Å². The summed E-state index contributed by atoms with van der Waals surface area (Å²) in [6, 6.07) is 2.24. The maximum atomic E-state index is 12.8. The van der Waals surface area contributed by atoms with Crippen LogP contribution in [0.1, 0.15) is 35.9 Å². The van der Waals surface area contributed by atoms with E-state index in [-0.39, 0.29) is 22.7 Å². The first-order valence-corrected chi connectivity index (χ1v) is 11.7. The van der Waals surface area contributed by atoms with Crippen molar-refractivity contribution in [3.05, 3.63) is 68.0 Å². The Balaban J connectivity index is 1.39. The van der Waals surface area contributed by atoms with Crippen LogP contribution >= 0.6 is 11.8 Å². The van der Waals surface area contributed by atoms with Gasteiger partial charge in [0.05, 0.1) is 28.1 Å². The lowest BCUT2D eigenvalue weighted by atomic mass is 10.2. The second-order valence-electron chi connectivity index (χ2n) is 8.31. The van der Waals surface area contributed by atoms with E-state index in [0.29, 0.717) is 41.9 Å². The van der Waals surface area contributed by atoms with Gasteiger partial charge in [-0.2, -0.15) is 9.61 Å². The molecule has 6 rings (SSSR count). The summed E-state index contributed by atoms with van der Waals surface area (Å²) in [5, 5.41) is 15.0. The molecule has 1 amide bonds. The van der Waals surface area contributed by atoms with Gasteiger partial charge < -0.3 is 15.0 Å². The van der Waals surface area contributed by atoms with Crippen molar-refractivity contribution in [1.82, 2.24) is 29.5 Å². The number of hydrogen-bond acceptors (Lipinski definition) is 7. The molecule has 0 saturated heterocycles. The van der Waals surface area contributed by atoms with Crippen LogP contribution in [0, 0.1) is 0 Å². The Hall–Kier alpha value is -3.60. The predicted octanol–water partition coefficient (Wildman–Crippen LogP) is 0.522. The average molecular weight is 464 g/mol. The van der Waals surface area contributed by atoms with Crippen LogP contribution in [0.5, 0.6) is 5.88 Å². The standard InChI is InChI=1S/C22H21N7O3S/c30-20-15(26-22(32)27-20)9-12-11-23-29-18(24-13-3-4-13)10-14(25-19(12)29)16-5-6-17(33-16)21(31)28-7-1-2-8-28/h1-2,6,9-11,13,16,30H,3-5,7-8H2,(H2,26,27,32). The van der Waals surface area contributed by atoms with E-state index in [9.17, 15) is 14.7 Å². The molecule has 3 aromatic rings. The zero-order valence-electron chi connectivity index (χ0n) is 17.6. The highest BCUT2D eigenvalue weighted by atomic mass is 32.2. The number of H-pyrrole nitrogens is 2. The summed E-state index contributed by atoms with van der Waals surface area (Å²) in [5.41, 5.74) is 1.89. The van der Waals surface area contributed by atoms with Crippen LogP contribution in [0.25, 0.3) is 11.7 Å². The Morgan fingerprint density at radius 1 is 1.27 bits per heavy atom. The van der Waals surface area contributed by atoms with E-state index in [2.05, 4.69) is 15.1 Å². The Morgan fingerprint density at radius 3 is 2.82 bits per heavy atom. The van der Waals surface area contributed by atoms with Crippen molar-refractivity contribution in [2.75, 3.05) is 13.1 Å². The molecule has 3 aliphatic rings. The van der Waals surface area contributed by atoms with Gasteiger partial charge in [0, 0.05) is 24.4 Å². The van der Waals surface area contributed by atoms with Crippen LogP contribution < -0.4 is 16.4 Å². The first-order valence-electron chi connectivity index (χ1n) is 10.8. The summed E-state index contributed by atoms with van der Waals surface area (Å²) in [7, 11) is 0. The molecule has 0 spiro atoms. The molecular formula is C22H21N7O3S. The van der Waals surface area contributed by atoms with Crippen LogP contribution in [0.4, 0.5) is 0 Å².